The number of benzene rings is 2. The van der Waals surface area contributed by atoms with E-state index in [4.69, 9.17) is 16.3 Å². The van der Waals surface area contributed by atoms with Gasteiger partial charge in [0, 0.05) is 23.0 Å². The van der Waals surface area contributed by atoms with Crippen molar-refractivity contribution in [3.8, 4) is 10.7 Å². The Morgan fingerprint density at radius 2 is 1.74 bits per heavy atom. The van der Waals surface area contributed by atoms with Gasteiger partial charge in [0.15, 0.2) is 5.01 Å². The molecule has 5 rings (SSSR count). The molecular weight excluding hydrogens is 478 g/mol. The number of fused-ring (bicyclic) bond motifs is 1. The molecule has 1 fully saturated rings. The van der Waals surface area contributed by atoms with Crippen LogP contribution in [0.1, 0.15) is 22.2 Å². The van der Waals surface area contributed by atoms with Crippen LogP contribution in [-0.4, -0.2) is 66.6 Å². The van der Waals surface area contributed by atoms with E-state index in [9.17, 15) is 20.4 Å². The molecule has 0 saturated carbocycles. The van der Waals surface area contributed by atoms with Gasteiger partial charge in [0.1, 0.15) is 41.2 Å². The lowest BCUT2D eigenvalue weighted by molar-refractivity contribution is -0.231. The average molecular weight is 500 g/mol. The second-order valence-corrected chi connectivity index (χ2v) is 9.66. The Bertz CT molecular complexity index is 1320. The number of rotatable bonds is 5. The van der Waals surface area contributed by atoms with Gasteiger partial charge < -0.3 is 25.2 Å². The third-order valence-electron chi connectivity index (χ3n) is 5.95. The summed E-state index contributed by atoms with van der Waals surface area (Å²) in [6.45, 7) is -0.488. The molecule has 2 aromatic heterocycles. The molecule has 4 aromatic rings. The number of halogens is 1. The van der Waals surface area contributed by atoms with Crippen molar-refractivity contribution in [2.75, 3.05) is 6.61 Å². The molecule has 1 aliphatic rings. The molecule has 0 unspecified atom stereocenters. The average Bonchev–Trinajstić information content (AvgIpc) is 3.32. The highest BCUT2D eigenvalue weighted by Crippen LogP contribution is 2.35. The third kappa shape index (κ3) is 4.44. The minimum atomic E-state index is -1.45. The minimum absolute atomic E-state index is 0.398. The normalized spacial score (nSPS) is 25.0. The van der Waals surface area contributed by atoms with E-state index in [2.05, 4.69) is 15.2 Å². The number of ether oxygens (including phenoxy) is 1. The summed E-state index contributed by atoms with van der Waals surface area (Å²) in [5.41, 5.74) is 2.05. The fourth-order valence-corrected chi connectivity index (χ4v) is 5.09. The van der Waals surface area contributed by atoms with Crippen LogP contribution in [0.5, 0.6) is 0 Å². The van der Waals surface area contributed by atoms with E-state index in [1.807, 2.05) is 36.5 Å². The third-order valence-corrected chi connectivity index (χ3v) is 7.26. The topological polar surface area (TPSA) is 129 Å². The molecule has 1 aliphatic heterocycles. The number of aliphatic hydroxyl groups excluding tert-OH is 4. The van der Waals surface area contributed by atoms with Gasteiger partial charge in [0.25, 0.3) is 0 Å². The van der Waals surface area contributed by atoms with Crippen LogP contribution in [0.15, 0.2) is 54.7 Å². The first-order valence-corrected chi connectivity index (χ1v) is 11.9. The molecule has 1 saturated heterocycles. The first-order valence-electron chi connectivity index (χ1n) is 10.7. The lowest BCUT2D eigenvalue weighted by Crippen LogP contribution is -2.55. The van der Waals surface area contributed by atoms with Crippen molar-refractivity contribution >= 4 is 33.7 Å². The molecule has 34 heavy (non-hydrogen) atoms. The van der Waals surface area contributed by atoms with Crippen LogP contribution in [0.25, 0.3) is 21.5 Å². The number of nitrogens with zero attached hydrogens (tertiary/aromatic N) is 3. The summed E-state index contributed by atoms with van der Waals surface area (Å²) in [6, 6.07) is 15.1. The Kier molecular flexibility index (Phi) is 6.59. The molecule has 2 aromatic carbocycles. The van der Waals surface area contributed by atoms with Crippen molar-refractivity contribution in [2.45, 2.75) is 36.9 Å². The first kappa shape index (κ1) is 23.3. The number of hydrogen-bond donors (Lipinski definition) is 4. The molecule has 3 heterocycles. The molecule has 10 heteroatoms. The lowest BCUT2D eigenvalue weighted by Gasteiger charge is -2.40. The van der Waals surface area contributed by atoms with Gasteiger partial charge in [-0.15, -0.1) is 10.2 Å². The maximum Gasteiger partial charge on any atom is 0.166 e. The SMILES string of the molecule is OC[C@H]1O[C@@H](c2ccc(Cl)c(Cc3nnc(-c4cc5ccccc5cn4)s3)c2)[C@H](O)[C@@H](O)[C@@H]1O. The predicted octanol–water partition coefficient (Wildman–Crippen LogP) is 2.51. The minimum Gasteiger partial charge on any atom is -0.394 e. The van der Waals surface area contributed by atoms with Crippen LogP contribution in [0.3, 0.4) is 0 Å². The highest BCUT2D eigenvalue weighted by molar-refractivity contribution is 7.14. The summed E-state index contributed by atoms with van der Waals surface area (Å²) in [4.78, 5) is 4.50. The van der Waals surface area contributed by atoms with E-state index in [0.717, 1.165) is 27.0 Å². The van der Waals surface area contributed by atoms with Gasteiger partial charge in [-0.1, -0.05) is 59.3 Å². The Morgan fingerprint density at radius 1 is 0.941 bits per heavy atom. The lowest BCUT2D eigenvalue weighted by atomic mass is 9.90. The molecule has 176 valence electrons. The maximum atomic E-state index is 10.5. The fourth-order valence-electron chi connectivity index (χ4n) is 4.08. The van der Waals surface area contributed by atoms with Gasteiger partial charge in [0.2, 0.25) is 0 Å². The number of aromatic nitrogens is 3. The van der Waals surface area contributed by atoms with Gasteiger partial charge in [0.05, 0.1) is 6.61 Å². The Labute approximate surface area is 204 Å². The first-order chi connectivity index (χ1) is 16.4. The van der Waals surface area contributed by atoms with Crippen LogP contribution in [-0.2, 0) is 11.2 Å². The van der Waals surface area contributed by atoms with Crippen molar-refractivity contribution in [1.29, 1.82) is 0 Å². The summed E-state index contributed by atoms with van der Waals surface area (Å²) < 4.78 is 5.67. The summed E-state index contributed by atoms with van der Waals surface area (Å²) in [6.07, 6.45) is -3.93. The number of aliphatic hydroxyl groups is 4. The highest BCUT2D eigenvalue weighted by atomic mass is 35.5. The second-order valence-electron chi connectivity index (χ2n) is 8.19. The van der Waals surface area contributed by atoms with Crippen molar-refractivity contribution < 1.29 is 25.2 Å². The van der Waals surface area contributed by atoms with Gasteiger partial charge in [-0.25, -0.2) is 0 Å². The van der Waals surface area contributed by atoms with Crippen molar-refractivity contribution in [3.63, 3.8) is 0 Å². The van der Waals surface area contributed by atoms with Crippen molar-refractivity contribution in [3.05, 3.63) is 75.9 Å². The standard InChI is InChI=1S/C24H22ClN3O5S/c25-16-6-5-13(23-22(32)21(31)20(30)18(11-29)33-23)7-15(16)9-19-27-28-24(34-19)17-8-12-3-1-2-4-14(12)10-26-17/h1-8,10,18,20-23,29-32H,9,11H2/t18-,20-,21+,22-,23+/m1/s1. The fraction of sp³-hybridized carbons (Fsp3) is 0.292. The van der Waals surface area contributed by atoms with Gasteiger partial charge in [-0.3, -0.25) is 4.98 Å². The summed E-state index contributed by atoms with van der Waals surface area (Å²) in [5.74, 6) is 0. The van der Waals surface area contributed by atoms with E-state index < -0.39 is 37.1 Å². The smallest absolute Gasteiger partial charge is 0.166 e. The zero-order valence-electron chi connectivity index (χ0n) is 17.8. The van der Waals surface area contributed by atoms with E-state index in [-0.39, 0.29) is 0 Å². The largest absolute Gasteiger partial charge is 0.394 e. The summed E-state index contributed by atoms with van der Waals surface area (Å²) in [7, 11) is 0. The molecule has 0 amide bonds. The molecule has 0 bridgehead atoms. The molecule has 0 radical (unpaired) electrons. The predicted molar refractivity (Wildman–Crippen MR) is 128 cm³/mol. The van der Waals surface area contributed by atoms with E-state index in [0.29, 0.717) is 22.0 Å². The molecule has 4 N–H and O–H groups in total. The van der Waals surface area contributed by atoms with Crippen LogP contribution < -0.4 is 0 Å². The molecule has 0 aliphatic carbocycles. The molecule has 5 atom stereocenters. The summed E-state index contributed by atoms with van der Waals surface area (Å²) in [5, 5.41) is 52.7. The Hall–Kier alpha value is -2.50. The zero-order valence-corrected chi connectivity index (χ0v) is 19.4. The molecular formula is C24H22ClN3O5S. The molecule has 0 spiro atoms. The van der Waals surface area contributed by atoms with Crippen LogP contribution >= 0.6 is 22.9 Å². The highest BCUT2D eigenvalue weighted by Gasteiger charge is 2.44. The Morgan fingerprint density at radius 3 is 2.53 bits per heavy atom. The van der Waals surface area contributed by atoms with Crippen LogP contribution in [0.2, 0.25) is 5.02 Å². The summed E-state index contributed by atoms with van der Waals surface area (Å²) >= 11 is 7.84. The van der Waals surface area contributed by atoms with Gasteiger partial charge >= 0.3 is 0 Å². The zero-order chi connectivity index (χ0) is 23.8. The van der Waals surface area contributed by atoms with Gasteiger partial charge in [-0.2, -0.15) is 0 Å². The monoisotopic (exact) mass is 499 g/mol. The van der Waals surface area contributed by atoms with Crippen LogP contribution in [0.4, 0.5) is 0 Å². The molecule has 8 nitrogen and oxygen atoms in total. The maximum absolute atomic E-state index is 10.5. The number of pyridine rings is 1. The van der Waals surface area contributed by atoms with Crippen molar-refractivity contribution in [2.24, 2.45) is 0 Å². The van der Waals surface area contributed by atoms with E-state index >= 15 is 0 Å². The van der Waals surface area contributed by atoms with Crippen molar-refractivity contribution in [1.82, 2.24) is 15.2 Å². The van der Waals surface area contributed by atoms with Gasteiger partial charge in [-0.05, 0) is 28.6 Å². The van der Waals surface area contributed by atoms with E-state index in [1.165, 1.54) is 11.3 Å². The van der Waals surface area contributed by atoms with E-state index in [1.54, 1.807) is 18.2 Å². The van der Waals surface area contributed by atoms with Crippen LogP contribution in [0, 0.1) is 0 Å². The number of hydrogen-bond acceptors (Lipinski definition) is 9. The Balaban J connectivity index is 1.39. The quantitative estimate of drug-likeness (QED) is 0.330. The second kappa shape index (κ2) is 9.63.